The van der Waals surface area contributed by atoms with Crippen LogP contribution in [-0.2, 0) is 4.74 Å². The summed E-state index contributed by atoms with van der Waals surface area (Å²) >= 11 is 0. The van der Waals surface area contributed by atoms with Gasteiger partial charge in [0.05, 0.1) is 19.1 Å². The number of fused-ring (bicyclic) bond motifs is 1. The lowest BCUT2D eigenvalue weighted by Gasteiger charge is -2.16. The number of methoxy groups -OCH3 is 1. The Morgan fingerprint density at radius 3 is 2.71 bits per heavy atom. The first-order valence-electron chi connectivity index (χ1n) is 8.38. The molecule has 3 rings (SSSR count). The standard InChI is InChI=1S/C20H23NO3/c1-4-11-24-17-10-9-13(2)18-19(17)21-12-15(20(18)22)14-7-5-6-8-16(14)23-3/h5-8,12,21H,4,9-11H2,1-3H3. The summed E-state index contributed by atoms with van der Waals surface area (Å²) in [6, 6.07) is 7.59. The van der Waals surface area contributed by atoms with E-state index in [1.54, 1.807) is 13.3 Å². The largest absolute Gasteiger partial charge is 0.496 e. The molecular weight excluding hydrogens is 302 g/mol. The topological polar surface area (TPSA) is 51.3 Å². The molecule has 0 saturated heterocycles. The highest BCUT2D eigenvalue weighted by Gasteiger charge is 2.16. The van der Waals surface area contributed by atoms with Crippen molar-refractivity contribution in [2.75, 3.05) is 13.7 Å². The number of rotatable bonds is 5. The van der Waals surface area contributed by atoms with Gasteiger partial charge in [-0.1, -0.05) is 30.7 Å². The lowest BCUT2D eigenvalue weighted by molar-refractivity contribution is 0.260. The van der Waals surface area contributed by atoms with Gasteiger partial charge in [-0.25, -0.2) is 0 Å². The van der Waals surface area contributed by atoms with Gasteiger partial charge in [-0.3, -0.25) is 4.79 Å². The molecule has 4 heteroatoms. The molecule has 1 aliphatic carbocycles. The summed E-state index contributed by atoms with van der Waals surface area (Å²) in [7, 11) is 1.62. The molecule has 1 heterocycles. The molecule has 0 unspecified atom stereocenters. The van der Waals surface area contributed by atoms with E-state index in [0.29, 0.717) is 17.9 Å². The number of pyridine rings is 1. The maximum Gasteiger partial charge on any atom is 0.197 e. The highest BCUT2D eigenvalue weighted by atomic mass is 16.5. The average molecular weight is 325 g/mol. The molecular formula is C20H23NO3. The van der Waals surface area contributed by atoms with Crippen LogP contribution in [0.3, 0.4) is 0 Å². The van der Waals surface area contributed by atoms with Gasteiger partial charge in [0.1, 0.15) is 11.5 Å². The number of para-hydroxylation sites is 1. The molecule has 24 heavy (non-hydrogen) atoms. The number of H-pyrrole nitrogens is 1. The number of ether oxygens (including phenoxy) is 2. The second-order valence-corrected chi connectivity index (χ2v) is 6.03. The molecule has 0 atom stereocenters. The van der Waals surface area contributed by atoms with Crippen molar-refractivity contribution in [3.05, 3.63) is 51.3 Å². The summed E-state index contributed by atoms with van der Waals surface area (Å²) in [4.78, 5) is 16.4. The number of nitrogens with one attached hydrogen (secondary N) is 1. The van der Waals surface area contributed by atoms with E-state index in [-0.39, 0.29) is 5.43 Å². The number of benzene rings is 1. The van der Waals surface area contributed by atoms with Crippen molar-refractivity contribution in [2.45, 2.75) is 33.1 Å². The van der Waals surface area contributed by atoms with Gasteiger partial charge >= 0.3 is 0 Å². The highest BCUT2D eigenvalue weighted by Crippen LogP contribution is 2.26. The van der Waals surface area contributed by atoms with Crippen LogP contribution >= 0.6 is 0 Å². The Hall–Kier alpha value is -2.49. The van der Waals surface area contributed by atoms with Gasteiger partial charge in [-0.15, -0.1) is 0 Å². The Bertz CT molecular complexity index is 925. The second kappa shape index (κ2) is 6.95. The minimum atomic E-state index is 0.0306. The smallest absolute Gasteiger partial charge is 0.197 e. The van der Waals surface area contributed by atoms with Crippen molar-refractivity contribution in [2.24, 2.45) is 0 Å². The zero-order chi connectivity index (χ0) is 17.1. The van der Waals surface area contributed by atoms with Crippen molar-refractivity contribution in [3.8, 4) is 16.9 Å². The summed E-state index contributed by atoms with van der Waals surface area (Å²) in [5.74, 6) is 1.59. The van der Waals surface area contributed by atoms with E-state index < -0.39 is 0 Å². The molecule has 0 fully saturated rings. The van der Waals surface area contributed by atoms with E-state index in [1.165, 1.54) is 0 Å². The predicted molar refractivity (Wildman–Crippen MR) is 96.3 cm³/mol. The third-order valence-electron chi connectivity index (χ3n) is 4.39. The summed E-state index contributed by atoms with van der Waals surface area (Å²) in [6.07, 6.45) is 4.41. The molecule has 4 nitrogen and oxygen atoms in total. The van der Waals surface area contributed by atoms with Crippen LogP contribution in [0.25, 0.3) is 22.5 Å². The number of hydrogen-bond donors (Lipinski definition) is 1. The maximum atomic E-state index is 13.1. The van der Waals surface area contributed by atoms with Crippen molar-refractivity contribution in [1.82, 2.24) is 4.98 Å². The van der Waals surface area contributed by atoms with Gasteiger partial charge < -0.3 is 14.5 Å². The third kappa shape index (κ3) is 2.84. The first kappa shape index (κ1) is 16.4. The van der Waals surface area contributed by atoms with Crippen LogP contribution in [0.1, 0.15) is 33.1 Å². The summed E-state index contributed by atoms with van der Waals surface area (Å²) in [5.41, 5.74) is 2.57. The van der Waals surface area contributed by atoms with Gasteiger partial charge in [-0.2, -0.15) is 0 Å². The fraction of sp³-hybridized carbons (Fsp3) is 0.350. The van der Waals surface area contributed by atoms with Gasteiger partial charge in [0.15, 0.2) is 5.43 Å². The van der Waals surface area contributed by atoms with Gasteiger partial charge in [-0.05, 0) is 25.8 Å². The molecule has 1 aromatic heterocycles. The Labute approximate surface area is 141 Å². The SMILES string of the molecule is CCCOC1=c2[nH]cc(-c3ccccc3OC)c(=O)c2=C(C)CC1. The first-order valence-corrected chi connectivity index (χ1v) is 8.38. The summed E-state index contributed by atoms with van der Waals surface area (Å²) < 4.78 is 11.3. The number of aromatic amines is 1. The molecule has 126 valence electrons. The quantitative estimate of drug-likeness (QED) is 0.919. The molecule has 0 amide bonds. The number of hydrogen-bond acceptors (Lipinski definition) is 3. The minimum Gasteiger partial charge on any atom is -0.496 e. The van der Waals surface area contributed by atoms with Gasteiger partial charge in [0.25, 0.3) is 0 Å². The van der Waals surface area contributed by atoms with Crippen LogP contribution in [0, 0.1) is 0 Å². The lowest BCUT2D eigenvalue weighted by Crippen LogP contribution is -2.46. The molecule has 1 aromatic carbocycles. The van der Waals surface area contributed by atoms with Crippen LogP contribution < -0.4 is 20.7 Å². The molecule has 0 saturated carbocycles. The Morgan fingerprint density at radius 1 is 1.17 bits per heavy atom. The van der Waals surface area contributed by atoms with Crippen LogP contribution in [0.5, 0.6) is 5.75 Å². The van der Waals surface area contributed by atoms with E-state index in [9.17, 15) is 4.79 Å². The molecule has 1 aliphatic rings. The van der Waals surface area contributed by atoms with Crippen LogP contribution in [0.15, 0.2) is 35.3 Å². The van der Waals surface area contributed by atoms with E-state index in [4.69, 9.17) is 9.47 Å². The van der Waals surface area contributed by atoms with E-state index in [2.05, 4.69) is 11.9 Å². The maximum absolute atomic E-state index is 13.1. The minimum absolute atomic E-state index is 0.0306. The second-order valence-electron chi connectivity index (χ2n) is 6.03. The third-order valence-corrected chi connectivity index (χ3v) is 4.39. The Balaban J connectivity index is 2.27. The van der Waals surface area contributed by atoms with Crippen molar-refractivity contribution < 1.29 is 9.47 Å². The van der Waals surface area contributed by atoms with Gasteiger partial charge in [0.2, 0.25) is 0 Å². The van der Waals surface area contributed by atoms with Crippen molar-refractivity contribution >= 4 is 11.3 Å². The molecule has 2 aromatic rings. The molecule has 0 spiro atoms. The molecule has 1 N–H and O–H groups in total. The van der Waals surface area contributed by atoms with Crippen molar-refractivity contribution in [3.63, 3.8) is 0 Å². The van der Waals surface area contributed by atoms with E-state index in [0.717, 1.165) is 46.7 Å². The van der Waals surface area contributed by atoms with E-state index >= 15 is 0 Å². The number of aromatic nitrogens is 1. The van der Waals surface area contributed by atoms with E-state index in [1.807, 2.05) is 31.2 Å². The molecule has 0 aliphatic heterocycles. The zero-order valence-electron chi connectivity index (χ0n) is 14.4. The molecule has 0 bridgehead atoms. The molecule has 0 radical (unpaired) electrons. The summed E-state index contributed by atoms with van der Waals surface area (Å²) in [6.45, 7) is 4.77. The highest BCUT2D eigenvalue weighted by molar-refractivity contribution is 5.70. The van der Waals surface area contributed by atoms with Crippen LogP contribution in [0.4, 0.5) is 0 Å². The van der Waals surface area contributed by atoms with Crippen molar-refractivity contribution in [1.29, 1.82) is 0 Å². The predicted octanol–water partition coefficient (Wildman–Crippen LogP) is 2.55. The van der Waals surface area contributed by atoms with Crippen LogP contribution in [-0.4, -0.2) is 18.7 Å². The normalized spacial score (nSPS) is 13.6. The van der Waals surface area contributed by atoms with Crippen LogP contribution in [0.2, 0.25) is 0 Å². The fourth-order valence-electron chi connectivity index (χ4n) is 3.15. The van der Waals surface area contributed by atoms with Gasteiger partial charge in [0, 0.05) is 29.0 Å². The monoisotopic (exact) mass is 325 g/mol. The Kier molecular flexibility index (Phi) is 4.74. The lowest BCUT2D eigenvalue weighted by atomic mass is 9.98. The zero-order valence-corrected chi connectivity index (χ0v) is 14.4. The summed E-state index contributed by atoms with van der Waals surface area (Å²) in [5, 5.41) is 1.58. The fourth-order valence-corrected chi connectivity index (χ4v) is 3.15. The Morgan fingerprint density at radius 2 is 1.96 bits per heavy atom. The first-order chi connectivity index (χ1) is 11.7. The average Bonchev–Trinajstić information content (AvgIpc) is 2.61.